The van der Waals surface area contributed by atoms with Crippen molar-refractivity contribution in [3.05, 3.63) is 36.2 Å². The van der Waals surface area contributed by atoms with Gasteiger partial charge in [0.25, 0.3) is 0 Å². The predicted octanol–water partition coefficient (Wildman–Crippen LogP) is 3.36. The molecule has 3 aliphatic carbocycles. The number of hydrogen-bond donors (Lipinski definition) is 1. The zero-order chi connectivity index (χ0) is 16.7. The van der Waals surface area contributed by atoms with Crippen LogP contribution >= 0.6 is 0 Å². The van der Waals surface area contributed by atoms with Crippen molar-refractivity contribution in [2.24, 2.45) is 11.8 Å². The van der Waals surface area contributed by atoms with Gasteiger partial charge < -0.3 is 9.84 Å². The average molecular weight is 315 g/mol. The third-order valence-electron chi connectivity index (χ3n) is 4.80. The summed E-state index contributed by atoms with van der Waals surface area (Å²) in [6, 6.07) is 4.00. The van der Waals surface area contributed by atoms with Crippen molar-refractivity contribution >= 4 is 11.5 Å². The van der Waals surface area contributed by atoms with Crippen LogP contribution in [-0.4, -0.2) is 27.3 Å². The normalized spacial score (nSPS) is 30.0. The number of fused-ring (bicyclic) bond motifs is 2. The fourth-order valence-corrected chi connectivity index (χ4v) is 3.88. The van der Waals surface area contributed by atoms with Crippen molar-refractivity contribution in [1.29, 1.82) is 0 Å². The summed E-state index contributed by atoms with van der Waals surface area (Å²) < 4.78 is 5.40. The van der Waals surface area contributed by atoms with E-state index in [1.165, 1.54) is 5.57 Å². The van der Waals surface area contributed by atoms with Crippen molar-refractivity contribution < 1.29 is 14.6 Å². The first kappa shape index (κ1) is 16.2. The number of hydrogen-bond acceptors (Lipinski definition) is 4. The number of esters is 1. The van der Waals surface area contributed by atoms with Crippen LogP contribution < -0.4 is 0 Å². The minimum Gasteiger partial charge on any atom is -0.460 e. The van der Waals surface area contributed by atoms with E-state index in [-0.39, 0.29) is 24.2 Å². The van der Waals surface area contributed by atoms with E-state index in [0.29, 0.717) is 6.42 Å². The van der Waals surface area contributed by atoms with E-state index in [1.807, 2.05) is 33.0 Å². The minimum absolute atomic E-state index is 0.00947. The average Bonchev–Trinajstić information content (AvgIpc) is 2.46. The molecule has 1 fully saturated rings. The predicted molar refractivity (Wildman–Crippen MR) is 88.5 cm³/mol. The molecular weight excluding hydrogens is 290 g/mol. The Labute approximate surface area is 137 Å². The quantitative estimate of drug-likeness (QED) is 0.869. The Hall–Kier alpha value is -1.68. The smallest absolute Gasteiger partial charge is 0.309 e. The summed E-state index contributed by atoms with van der Waals surface area (Å²) in [5.41, 5.74) is 0.902. The van der Waals surface area contributed by atoms with E-state index < -0.39 is 11.2 Å². The van der Waals surface area contributed by atoms with Crippen LogP contribution in [0.4, 0.5) is 0 Å². The van der Waals surface area contributed by atoms with Crippen molar-refractivity contribution in [3.63, 3.8) is 0 Å². The maximum atomic E-state index is 12.1. The van der Waals surface area contributed by atoms with E-state index in [4.69, 9.17) is 4.74 Å². The second-order valence-electron chi connectivity index (χ2n) is 7.82. The molecule has 0 saturated heterocycles. The summed E-state index contributed by atoms with van der Waals surface area (Å²) in [7, 11) is 0. The molecule has 1 aromatic rings. The van der Waals surface area contributed by atoms with Crippen LogP contribution in [0.15, 0.2) is 30.6 Å². The Kier molecular flexibility index (Phi) is 4.05. The summed E-state index contributed by atoms with van der Waals surface area (Å²) in [6.07, 6.45) is 8.47. The highest BCUT2D eigenvalue weighted by Gasteiger charge is 2.48. The number of pyridine rings is 1. The number of aliphatic hydroxyl groups is 1. The Morgan fingerprint density at radius 2 is 2.22 bits per heavy atom. The zero-order valence-electron chi connectivity index (χ0n) is 14.1. The molecule has 0 aromatic carbocycles. The Morgan fingerprint density at radius 1 is 1.43 bits per heavy atom. The van der Waals surface area contributed by atoms with E-state index in [1.54, 1.807) is 6.20 Å². The van der Waals surface area contributed by atoms with E-state index in [2.05, 4.69) is 17.1 Å². The second kappa shape index (κ2) is 5.75. The summed E-state index contributed by atoms with van der Waals surface area (Å²) in [5, 5.41) is 11.0. The third kappa shape index (κ3) is 3.47. The highest BCUT2D eigenvalue weighted by atomic mass is 16.6. The summed E-state index contributed by atoms with van der Waals surface area (Å²) in [6.45, 7) is 5.55. The molecular formula is C19H25NO3. The molecule has 3 atom stereocenters. The summed E-state index contributed by atoms with van der Waals surface area (Å²) >= 11 is 0. The maximum absolute atomic E-state index is 12.1. The van der Waals surface area contributed by atoms with Crippen LogP contribution in [0, 0.1) is 11.8 Å². The molecule has 0 amide bonds. The van der Waals surface area contributed by atoms with Gasteiger partial charge in [-0.1, -0.05) is 12.1 Å². The lowest BCUT2D eigenvalue weighted by Gasteiger charge is -2.47. The number of nitrogens with zero attached hydrogens (tertiary/aromatic N) is 1. The van der Waals surface area contributed by atoms with Gasteiger partial charge >= 0.3 is 5.97 Å². The largest absolute Gasteiger partial charge is 0.460 e. The van der Waals surface area contributed by atoms with E-state index in [9.17, 15) is 9.90 Å². The number of aromatic nitrogens is 1. The van der Waals surface area contributed by atoms with Crippen molar-refractivity contribution in [1.82, 2.24) is 4.98 Å². The van der Waals surface area contributed by atoms with Crippen molar-refractivity contribution in [2.75, 3.05) is 0 Å². The van der Waals surface area contributed by atoms with Crippen LogP contribution in [0.3, 0.4) is 0 Å². The topological polar surface area (TPSA) is 59.4 Å². The first-order valence-electron chi connectivity index (χ1n) is 8.33. The number of rotatable bonds is 3. The molecule has 4 nitrogen and oxygen atoms in total. The van der Waals surface area contributed by atoms with Crippen LogP contribution in [-0.2, 0) is 9.53 Å². The Balaban J connectivity index is 1.78. The molecule has 23 heavy (non-hydrogen) atoms. The van der Waals surface area contributed by atoms with Gasteiger partial charge in [0.2, 0.25) is 0 Å². The molecule has 0 aliphatic heterocycles. The monoisotopic (exact) mass is 315 g/mol. The number of allylic oxidation sites excluding steroid dienone is 1. The van der Waals surface area contributed by atoms with Gasteiger partial charge in [-0.3, -0.25) is 9.78 Å². The molecule has 124 valence electrons. The van der Waals surface area contributed by atoms with Crippen LogP contribution in [0.1, 0.15) is 52.0 Å². The lowest BCUT2D eigenvalue weighted by atomic mass is 9.61. The minimum atomic E-state index is -0.975. The number of carbonyl (C=O) groups is 1. The molecule has 1 aromatic heterocycles. The van der Waals surface area contributed by atoms with Gasteiger partial charge in [0.05, 0.1) is 12.0 Å². The van der Waals surface area contributed by atoms with Crippen LogP contribution in [0.5, 0.6) is 0 Å². The maximum Gasteiger partial charge on any atom is 0.309 e. The van der Waals surface area contributed by atoms with Gasteiger partial charge in [0.1, 0.15) is 5.60 Å². The highest BCUT2D eigenvalue weighted by Crippen LogP contribution is 2.51. The van der Waals surface area contributed by atoms with Crippen LogP contribution in [0.2, 0.25) is 0 Å². The standard InChI is InChI=1S/C19H25NO3/c1-18(2,3)23-17(21)11-19(22)10-13-6-7-15(19)9-16(13)14-5-4-8-20-12-14/h4-5,8-9,12-13,15,22H,6-7,10-11H2,1-3H3/t13-,15-,19-/m1/s1. The van der Waals surface area contributed by atoms with Crippen molar-refractivity contribution in [3.8, 4) is 0 Å². The van der Waals surface area contributed by atoms with Gasteiger partial charge in [-0.25, -0.2) is 0 Å². The first-order valence-corrected chi connectivity index (χ1v) is 8.33. The van der Waals surface area contributed by atoms with Gasteiger partial charge in [-0.05, 0) is 63.2 Å². The second-order valence-corrected chi connectivity index (χ2v) is 7.82. The highest BCUT2D eigenvalue weighted by molar-refractivity contribution is 5.73. The number of ether oxygens (including phenoxy) is 1. The molecule has 1 heterocycles. The molecule has 3 aliphatic rings. The van der Waals surface area contributed by atoms with E-state index in [0.717, 1.165) is 18.4 Å². The number of carbonyl (C=O) groups excluding carboxylic acids is 1. The Bertz CT molecular complexity index is 617. The van der Waals surface area contributed by atoms with Gasteiger partial charge in [-0.2, -0.15) is 0 Å². The molecule has 4 heteroatoms. The SMILES string of the molecule is CC(C)(C)OC(=O)C[C@]1(O)C[C@H]2CC[C@@H]1C=C2c1cccnc1. The van der Waals surface area contributed by atoms with Gasteiger partial charge in [0.15, 0.2) is 0 Å². The van der Waals surface area contributed by atoms with E-state index >= 15 is 0 Å². The lowest BCUT2D eigenvalue weighted by molar-refractivity contribution is -0.164. The fourth-order valence-electron chi connectivity index (χ4n) is 3.88. The Morgan fingerprint density at radius 3 is 2.78 bits per heavy atom. The summed E-state index contributed by atoms with van der Waals surface area (Å²) in [4.78, 5) is 16.3. The lowest BCUT2D eigenvalue weighted by Crippen LogP contribution is -2.48. The molecule has 1 N–H and O–H groups in total. The summed E-state index contributed by atoms with van der Waals surface area (Å²) in [5.74, 6) is -0.0178. The molecule has 1 saturated carbocycles. The molecule has 0 unspecified atom stereocenters. The molecule has 2 bridgehead atoms. The van der Waals surface area contributed by atoms with Gasteiger partial charge in [-0.15, -0.1) is 0 Å². The van der Waals surface area contributed by atoms with Gasteiger partial charge in [0, 0.05) is 18.3 Å². The molecule has 0 spiro atoms. The van der Waals surface area contributed by atoms with Crippen LogP contribution in [0.25, 0.3) is 5.57 Å². The molecule has 0 radical (unpaired) electrons. The van der Waals surface area contributed by atoms with Crippen molar-refractivity contribution in [2.45, 2.75) is 57.7 Å². The first-order chi connectivity index (χ1) is 10.8. The third-order valence-corrected chi connectivity index (χ3v) is 4.80. The zero-order valence-corrected chi connectivity index (χ0v) is 14.1. The fraction of sp³-hybridized carbons (Fsp3) is 0.579. The molecule has 4 rings (SSSR count).